The summed E-state index contributed by atoms with van der Waals surface area (Å²) in [6.45, 7) is 3.74. The molecule has 8 heteroatoms. The number of piperazine rings is 1. The number of aromatic nitrogens is 5. The summed E-state index contributed by atoms with van der Waals surface area (Å²) in [4.78, 5) is 25.3. The lowest BCUT2D eigenvalue weighted by molar-refractivity contribution is 0.416. The molecule has 8 nitrogen and oxygen atoms in total. The molecule has 1 aliphatic carbocycles. The van der Waals surface area contributed by atoms with Crippen molar-refractivity contribution in [1.29, 1.82) is 0 Å². The average Bonchev–Trinajstić information content (AvgIpc) is 3.70. The highest BCUT2D eigenvalue weighted by Crippen LogP contribution is 2.45. The molecule has 5 aromatic rings. The van der Waals surface area contributed by atoms with Gasteiger partial charge in [-0.15, -0.1) is 0 Å². The summed E-state index contributed by atoms with van der Waals surface area (Å²) >= 11 is 0. The molecule has 0 amide bonds. The Kier molecular flexibility index (Phi) is 5.06. The second kappa shape index (κ2) is 8.57. The smallest absolute Gasteiger partial charge is 0.163 e. The van der Waals surface area contributed by atoms with E-state index in [4.69, 9.17) is 14.7 Å². The van der Waals surface area contributed by atoms with Gasteiger partial charge in [-0.3, -0.25) is 4.98 Å². The third-order valence-corrected chi connectivity index (χ3v) is 7.22. The molecule has 36 heavy (non-hydrogen) atoms. The third kappa shape index (κ3) is 3.56. The van der Waals surface area contributed by atoms with E-state index >= 15 is 0 Å². The largest absolute Gasteiger partial charge is 0.496 e. The monoisotopic (exact) mass is 477 g/mol. The van der Waals surface area contributed by atoms with Crippen LogP contribution in [0.2, 0.25) is 0 Å². The highest BCUT2D eigenvalue weighted by molar-refractivity contribution is 5.98. The summed E-state index contributed by atoms with van der Waals surface area (Å²) in [7, 11) is 1.69. The molecular weight excluding hydrogens is 450 g/mol. The Labute approximate surface area is 208 Å². The topological polar surface area (TPSA) is 91.8 Å². The zero-order valence-electron chi connectivity index (χ0n) is 20.2. The number of methoxy groups -OCH3 is 1. The Bertz CT molecular complexity index is 1580. The number of para-hydroxylation sites is 1. The zero-order chi connectivity index (χ0) is 24.1. The number of hydrogen-bond donors (Lipinski definition) is 2. The molecule has 1 saturated carbocycles. The van der Waals surface area contributed by atoms with Crippen molar-refractivity contribution < 1.29 is 4.74 Å². The quantitative estimate of drug-likeness (QED) is 0.384. The van der Waals surface area contributed by atoms with Gasteiger partial charge < -0.3 is 19.9 Å². The number of aromatic amines is 1. The van der Waals surface area contributed by atoms with Crippen molar-refractivity contribution in [3.8, 4) is 28.4 Å². The van der Waals surface area contributed by atoms with Crippen molar-refractivity contribution in [3.05, 3.63) is 60.6 Å². The fraction of sp³-hybridized carbons (Fsp3) is 0.286. The highest BCUT2D eigenvalue weighted by atomic mass is 16.5. The van der Waals surface area contributed by atoms with E-state index < -0.39 is 0 Å². The first kappa shape index (κ1) is 21.3. The fourth-order valence-corrected chi connectivity index (χ4v) is 5.25. The molecule has 0 bridgehead atoms. The Morgan fingerprint density at radius 3 is 2.69 bits per heavy atom. The molecule has 1 aliphatic heterocycles. The van der Waals surface area contributed by atoms with E-state index in [0.717, 1.165) is 76.5 Å². The molecule has 2 N–H and O–H groups in total. The van der Waals surface area contributed by atoms with Gasteiger partial charge in [0.1, 0.15) is 17.2 Å². The van der Waals surface area contributed by atoms with Crippen molar-refractivity contribution in [1.82, 2.24) is 30.2 Å². The van der Waals surface area contributed by atoms with Crippen LogP contribution in [-0.4, -0.2) is 58.2 Å². The van der Waals surface area contributed by atoms with Crippen molar-refractivity contribution in [2.24, 2.45) is 0 Å². The molecule has 5 heterocycles. The molecule has 2 aliphatic rings. The predicted octanol–water partition coefficient (Wildman–Crippen LogP) is 4.53. The number of fused-ring (bicyclic) bond motifs is 2. The second-order valence-corrected chi connectivity index (χ2v) is 9.51. The molecule has 4 aromatic heterocycles. The van der Waals surface area contributed by atoms with Crippen molar-refractivity contribution in [3.63, 3.8) is 0 Å². The Balaban J connectivity index is 1.43. The normalized spacial score (nSPS) is 16.1. The lowest BCUT2D eigenvalue weighted by Gasteiger charge is -2.30. The number of rotatable bonds is 5. The molecule has 1 saturated heterocycles. The van der Waals surface area contributed by atoms with Crippen LogP contribution < -0.4 is 15.0 Å². The first-order valence-electron chi connectivity index (χ1n) is 12.5. The molecule has 2 fully saturated rings. The van der Waals surface area contributed by atoms with Crippen LogP contribution in [0.15, 0.2) is 55.0 Å². The maximum Gasteiger partial charge on any atom is 0.163 e. The highest BCUT2D eigenvalue weighted by Gasteiger charge is 2.29. The first-order valence-corrected chi connectivity index (χ1v) is 12.5. The maximum atomic E-state index is 5.59. The van der Waals surface area contributed by atoms with Crippen molar-refractivity contribution >= 4 is 27.8 Å². The van der Waals surface area contributed by atoms with Gasteiger partial charge in [0.05, 0.1) is 24.5 Å². The zero-order valence-corrected chi connectivity index (χ0v) is 20.2. The third-order valence-electron chi connectivity index (χ3n) is 7.22. The lowest BCUT2D eigenvalue weighted by atomic mass is 10.1. The molecule has 0 atom stereocenters. The van der Waals surface area contributed by atoms with E-state index in [0.29, 0.717) is 11.7 Å². The van der Waals surface area contributed by atoms with Crippen LogP contribution in [0.1, 0.15) is 24.3 Å². The summed E-state index contributed by atoms with van der Waals surface area (Å²) in [5.41, 5.74) is 5.88. The number of anilines is 1. The summed E-state index contributed by atoms with van der Waals surface area (Å²) in [5, 5.41) is 5.60. The molecule has 0 radical (unpaired) electrons. The predicted molar refractivity (Wildman–Crippen MR) is 141 cm³/mol. The molecular formula is C28H27N7O. The van der Waals surface area contributed by atoms with Crippen LogP contribution in [0.5, 0.6) is 5.75 Å². The maximum absolute atomic E-state index is 5.59. The van der Waals surface area contributed by atoms with Crippen LogP contribution in [0, 0.1) is 0 Å². The van der Waals surface area contributed by atoms with Crippen LogP contribution in [0.25, 0.3) is 44.6 Å². The van der Waals surface area contributed by atoms with E-state index in [-0.39, 0.29) is 0 Å². The Morgan fingerprint density at radius 2 is 1.86 bits per heavy atom. The van der Waals surface area contributed by atoms with Crippen LogP contribution in [-0.2, 0) is 0 Å². The average molecular weight is 478 g/mol. The van der Waals surface area contributed by atoms with Gasteiger partial charge in [0.2, 0.25) is 0 Å². The van der Waals surface area contributed by atoms with E-state index in [1.165, 1.54) is 18.4 Å². The lowest BCUT2D eigenvalue weighted by Crippen LogP contribution is -2.44. The molecule has 0 unspecified atom stereocenters. The van der Waals surface area contributed by atoms with Gasteiger partial charge in [0.15, 0.2) is 5.82 Å². The minimum atomic E-state index is 0.568. The van der Waals surface area contributed by atoms with Gasteiger partial charge in [-0.05, 0) is 48.6 Å². The fourth-order valence-electron chi connectivity index (χ4n) is 5.25. The SMILES string of the molecule is COc1ccccc1-c1cc2c(-c3nc(N4CCNCC4)c4c(C5CC5)cncc4n3)ccnc2[nH]1. The Hall–Kier alpha value is -4.04. The molecule has 0 spiro atoms. The van der Waals surface area contributed by atoms with Crippen LogP contribution in [0.3, 0.4) is 0 Å². The van der Waals surface area contributed by atoms with Crippen molar-refractivity contribution in [2.75, 3.05) is 38.2 Å². The minimum absolute atomic E-state index is 0.568. The van der Waals surface area contributed by atoms with E-state index in [9.17, 15) is 0 Å². The summed E-state index contributed by atoms with van der Waals surface area (Å²) in [6.07, 6.45) is 8.14. The van der Waals surface area contributed by atoms with Crippen LogP contribution >= 0.6 is 0 Å². The number of nitrogens with zero attached hydrogens (tertiary/aromatic N) is 5. The second-order valence-electron chi connectivity index (χ2n) is 9.51. The molecule has 180 valence electrons. The van der Waals surface area contributed by atoms with Gasteiger partial charge in [-0.2, -0.15) is 0 Å². The van der Waals surface area contributed by atoms with Gasteiger partial charge in [-0.25, -0.2) is 15.0 Å². The first-order chi connectivity index (χ1) is 17.8. The van der Waals surface area contributed by atoms with Gasteiger partial charge in [0, 0.05) is 60.5 Å². The van der Waals surface area contributed by atoms with Gasteiger partial charge >= 0.3 is 0 Å². The number of H-pyrrole nitrogens is 1. The number of ether oxygens (including phenoxy) is 1. The number of pyridine rings is 2. The van der Waals surface area contributed by atoms with Crippen molar-refractivity contribution in [2.45, 2.75) is 18.8 Å². The molecule has 7 rings (SSSR count). The Morgan fingerprint density at radius 1 is 1.00 bits per heavy atom. The summed E-state index contributed by atoms with van der Waals surface area (Å²) < 4.78 is 5.59. The summed E-state index contributed by atoms with van der Waals surface area (Å²) in [5.74, 6) is 3.10. The number of nitrogens with one attached hydrogen (secondary N) is 2. The standard InChI is InChI=1S/C28H27N7O/c1-36-24-5-3-2-4-19(24)22-14-20-18(8-9-31-26(20)32-22)27-33-23-16-30-15-21(17-6-7-17)25(23)28(34-27)35-12-10-29-11-13-35/h2-5,8-9,14-17,29H,6-7,10-13H2,1H3,(H,31,32). The van der Waals surface area contributed by atoms with E-state index in [1.807, 2.05) is 48.9 Å². The van der Waals surface area contributed by atoms with Gasteiger partial charge in [0.25, 0.3) is 0 Å². The number of benzene rings is 1. The van der Waals surface area contributed by atoms with E-state index in [2.05, 4.69) is 31.2 Å². The minimum Gasteiger partial charge on any atom is -0.496 e. The number of hydrogen-bond acceptors (Lipinski definition) is 7. The van der Waals surface area contributed by atoms with Crippen LogP contribution in [0.4, 0.5) is 5.82 Å². The van der Waals surface area contributed by atoms with E-state index in [1.54, 1.807) is 7.11 Å². The van der Waals surface area contributed by atoms with Gasteiger partial charge in [-0.1, -0.05) is 12.1 Å². The molecule has 1 aromatic carbocycles. The summed E-state index contributed by atoms with van der Waals surface area (Å²) in [6, 6.07) is 12.1.